The normalized spacial score (nSPS) is 13.0. The highest BCUT2D eigenvalue weighted by Crippen LogP contribution is 2.45. The Kier molecular flexibility index (Phi) is 7.65. The van der Waals surface area contributed by atoms with Gasteiger partial charge in [0.2, 0.25) is 0 Å². The van der Waals surface area contributed by atoms with E-state index in [9.17, 15) is 0 Å². The largest absolute Gasteiger partial charge is 0.456 e. The fourth-order valence-electron chi connectivity index (χ4n) is 10.2. The molecule has 276 valence electrons. The molecule has 0 bridgehead atoms. The number of rotatable bonds is 6. The maximum absolute atomic E-state index is 6.67. The van der Waals surface area contributed by atoms with Crippen molar-refractivity contribution in [3.05, 3.63) is 224 Å². The molecule has 0 radical (unpaired) electrons. The van der Waals surface area contributed by atoms with Crippen molar-refractivity contribution in [1.82, 2.24) is 0 Å². The molecule has 12 rings (SSSR count). The lowest BCUT2D eigenvalue weighted by molar-refractivity contribution is 0.669. The van der Waals surface area contributed by atoms with Gasteiger partial charge in [0.05, 0.1) is 0 Å². The lowest BCUT2D eigenvalue weighted by Gasteiger charge is -2.45. The van der Waals surface area contributed by atoms with Crippen LogP contribution in [0.1, 0.15) is 0 Å². The van der Waals surface area contributed by atoms with E-state index in [1.54, 1.807) is 0 Å². The summed E-state index contributed by atoms with van der Waals surface area (Å²) in [5.74, 6) is 0. The maximum Gasteiger partial charge on any atom is 0.252 e. The van der Waals surface area contributed by atoms with Crippen molar-refractivity contribution in [3.63, 3.8) is 0 Å². The van der Waals surface area contributed by atoms with E-state index in [0.717, 1.165) is 39.0 Å². The molecule has 0 saturated heterocycles. The predicted molar refractivity (Wildman–Crippen MR) is 251 cm³/mol. The Morgan fingerprint density at radius 2 is 0.814 bits per heavy atom. The van der Waals surface area contributed by atoms with E-state index >= 15 is 0 Å². The standard InChI is InChI=1S/C54H37BN2OSi/c1-6-20-38(21-7-1)56-48-32-18-17-31-46(48)55-47-36-45-44-30-16-19-33-52(44)58-53(45)37-49(47)57(39-22-8-2-9-23-39)51-35-43(34-50(56)54(51)55)59(40-24-10-3-11-25-40,41-26-12-4-13-27-41)42-28-14-5-15-29-42/h1-37H. The first-order valence-electron chi connectivity index (χ1n) is 20.4. The fraction of sp³-hybridized carbons (Fsp3) is 0. The summed E-state index contributed by atoms with van der Waals surface area (Å²) in [6.07, 6.45) is 0. The molecule has 0 saturated carbocycles. The van der Waals surface area contributed by atoms with Crippen molar-refractivity contribution in [2.45, 2.75) is 0 Å². The van der Waals surface area contributed by atoms with Crippen LogP contribution in [-0.4, -0.2) is 14.8 Å². The summed E-state index contributed by atoms with van der Waals surface area (Å²) in [7, 11) is -2.99. The Hall–Kier alpha value is -7.34. The third-order valence-electron chi connectivity index (χ3n) is 12.6. The zero-order chi connectivity index (χ0) is 38.9. The van der Waals surface area contributed by atoms with Crippen LogP contribution in [0.5, 0.6) is 0 Å². The van der Waals surface area contributed by atoms with E-state index < -0.39 is 8.07 Å². The van der Waals surface area contributed by atoms with E-state index in [2.05, 4.69) is 234 Å². The third kappa shape index (κ3) is 5.02. The molecular formula is C54H37BN2OSi. The molecule has 0 N–H and O–H groups in total. The smallest absolute Gasteiger partial charge is 0.252 e. The van der Waals surface area contributed by atoms with Gasteiger partial charge in [-0.3, -0.25) is 0 Å². The lowest BCUT2D eigenvalue weighted by Crippen LogP contribution is -2.75. The number of nitrogens with zero attached hydrogens (tertiary/aromatic N) is 2. The second-order valence-electron chi connectivity index (χ2n) is 15.6. The van der Waals surface area contributed by atoms with Gasteiger partial charge in [0.1, 0.15) is 11.2 Å². The summed E-state index contributed by atoms with van der Waals surface area (Å²) in [6.45, 7) is -0.0283. The molecule has 1 aromatic heterocycles. The number of furan rings is 1. The van der Waals surface area contributed by atoms with Gasteiger partial charge < -0.3 is 14.2 Å². The van der Waals surface area contributed by atoms with Gasteiger partial charge in [-0.05, 0) is 85.7 Å². The number of hydrogen-bond acceptors (Lipinski definition) is 3. The highest BCUT2D eigenvalue weighted by molar-refractivity contribution is 7.20. The zero-order valence-electron chi connectivity index (χ0n) is 32.2. The van der Waals surface area contributed by atoms with Crippen LogP contribution in [0.3, 0.4) is 0 Å². The van der Waals surface area contributed by atoms with Gasteiger partial charge in [0, 0.05) is 51.0 Å². The first-order chi connectivity index (χ1) is 29.3. The summed E-state index contributed by atoms with van der Waals surface area (Å²) < 4.78 is 6.67. The molecule has 0 atom stereocenters. The minimum absolute atomic E-state index is 0.0283. The van der Waals surface area contributed by atoms with Crippen LogP contribution in [0.4, 0.5) is 34.1 Å². The minimum Gasteiger partial charge on any atom is -0.456 e. The molecular weight excluding hydrogens is 732 g/mol. The lowest BCUT2D eigenvalue weighted by atomic mass is 9.33. The fourth-order valence-corrected chi connectivity index (χ4v) is 14.9. The van der Waals surface area contributed by atoms with E-state index in [-0.39, 0.29) is 6.71 Å². The van der Waals surface area contributed by atoms with Crippen LogP contribution in [0.2, 0.25) is 0 Å². The average Bonchev–Trinajstić information content (AvgIpc) is 3.67. The Morgan fingerprint density at radius 1 is 0.339 bits per heavy atom. The Balaban J connectivity index is 1.27. The number of anilines is 6. The Labute approximate surface area is 345 Å². The van der Waals surface area contributed by atoms with Gasteiger partial charge in [0.15, 0.2) is 8.07 Å². The molecule has 0 aliphatic carbocycles. The van der Waals surface area contributed by atoms with Crippen molar-refractivity contribution in [2.75, 3.05) is 9.80 Å². The SMILES string of the molecule is c1ccc(N2c3ccccc3B3c4cc5c(cc4N(c4ccccc4)c4cc([Si](c6ccccc6)(c6ccccc6)c6ccccc6)cc2c43)oc2ccccc25)cc1. The molecule has 0 amide bonds. The molecule has 2 aliphatic rings. The Bertz CT molecular complexity index is 3080. The van der Waals surface area contributed by atoms with Gasteiger partial charge in [-0.25, -0.2) is 0 Å². The average molecular weight is 769 g/mol. The molecule has 9 aromatic carbocycles. The molecule has 3 nitrogen and oxygen atoms in total. The van der Waals surface area contributed by atoms with Crippen LogP contribution < -0.4 is 46.9 Å². The van der Waals surface area contributed by atoms with Gasteiger partial charge in [0.25, 0.3) is 6.71 Å². The topological polar surface area (TPSA) is 19.6 Å². The Morgan fingerprint density at radius 3 is 1.39 bits per heavy atom. The quantitative estimate of drug-likeness (QED) is 0.124. The van der Waals surface area contributed by atoms with E-state index in [4.69, 9.17) is 4.42 Å². The van der Waals surface area contributed by atoms with Crippen molar-refractivity contribution in [2.24, 2.45) is 0 Å². The minimum atomic E-state index is -2.99. The first-order valence-corrected chi connectivity index (χ1v) is 22.4. The molecule has 3 heterocycles. The molecule has 0 fully saturated rings. The summed E-state index contributed by atoms with van der Waals surface area (Å²) >= 11 is 0. The van der Waals surface area contributed by atoms with Crippen LogP contribution in [-0.2, 0) is 0 Å². The highest BCUT2D eigenvalue weighted by atomic mass is 28.3. The number of fused-ring (bicyclic) bond motifs is 7. The van der Waals surface area contributed by atoms with E-state index in [1.165, 1.54) is 54.2 Å². The molecule has 0 unspecified atom stereocenters. The maximum atomic E-state index is 6.67. The van der Waals surface area contributed by atoms with E-state index in [0.29, 0.717) is 0 Å². The summed E-state index contributed by atoms with van der Waals surface area (Å²) in [6, 6.07) is 82.9. The first kappa shape index (κ1) is 33.8. The molecule has 5 heteroatoms. The molecule has 2 aliphatic heterocycles. The number of benzene rings is 9. The van der Waals surface area contributed by atoms with E-state index in [1.807, 2.05) is 0 Å². The van der Waals surface area contributed by atoms with Gasteiger partial charge in [-0.1, -0.05) is 170 Å². The predicted octanol–water partition coefficient (Wildman–Crippen LogP) is 9.05. The second kappa shape index (κ2) is 13.4. The molecule has 10 aromatic rings. The monoisotopic (exact) mass is 768 g/mol. The third-order valence-corrected chi connectivity index (χ3v) is 17.3. The van der Waals surface area contributed by atoms with Crippen molar-refractivity contribution >= 4 is 108 Å². The summed E-state index contributed by atoms with van der Waals surface area (Å²) in [5.41, 5.74) is 12.6. The van der Waals surface area contributed by atoms with Crippen LogP contribution in [0, 0.1) is 0 Å². The van der Waals surface area contributed by atoms with Gasteiger partial charge >= 0.3 is 0 Å². The number of hydrogen-bond donors (Lipinski definition) is 0. The van der Waals surface area contributed by atoms with Gasteiger partial charge in [-0.2, -0.15) is 0 Å². The molecule has 0 spiro atoms. The van der Waals surface area contributed by atoms with Crippen LogP contribution in [0.15, 0.2) is 229 Å². The zero-order valence-corrected chi connectivity index (χ0v) is 33.2. The summed E-state index contributed by atoms with van der Waals surface area (Å²) in [4.78, 5) is 5.03. The summed E-state index contributed by atoms with van der Waals surface area (Å²) in [5, 5.41) is 7.63. The second-order valence-corrected chi connectivity index (χ2v) is 19.4. The van der Waals surface area contributed by atoms with Crippen molar-refractivity contribution < 1.29 is 4.42 Å². The molecule has 59 heavy (non-hydrogen) atoms. The van der Waals surface area contributed by atoms with Crippen LogP contribution >= 0.6 is 0 Å². The number of para-hydroxylation sites is 4. The highest BCUT2D eigenvalue weighted by Gasteiger charge is 2.47. The van der Waals surface area contributed by atoms with Crippen molar-refractivity contribution in [1.29, 1.82) is 0 Å². The van der Waals surface area contributed by atoms with Crippen LogP contribution in [0.25, 0.3) is 21.9 Å². The van der Waals surface area contributed by atoms with Gasteiger partial charge in [-0.15, -0.1) is 0 Å². The van der Waals surface area contributed by atoms with Crippen molar-refractivity contribution in [3.8, 4) is 0 Å².